The van der Waals surface area contributed by atoms with Crippen molar-refractivity contribution in [2.75, 3.05) is 26.2 Å². The molecular formula is C11H23N3O2. The van der Waals surface area contributed by atoms with E-state index in [0.717, 1.165) is 6.54 Å². The van der Waals surface area contributed by atoms with Crippen LogP contribution in [0.15, 0.2) is 0 Å². The average molecular weight is 229 g/mol. The van der Waals surface area contributed by atoms with Gasteiger partial charge in [0.25, 0.3) is 0 Å². The molecule has 3 N–H and O–H groups in total. The van der Waals surface area contributed by atoms with Crippen LogP contribution in [0, 0.1) is 5.92 Å². The second-order valence-corrected chi connectivity index (χ2v) is 3.70. The van der Waals surface area contributed by atoms with Crippen LogP contribution in [-0.4, -0.2) is 38.0 Å². The summed E-state index contributed by atoms with van der Waals surface area (Å²) in [6.45, 7) is 8.30. The molecule has 0 spiro atoms. The van der Waals surface area contributed by atoms with E-state index in [4.69, 9.17) is 0 Å². The summed E-state index contributed by atoms with van der Waals surface area (Å²) in [4.78, 5) is 22.6. The van der Waals surface area contributed by atoms with Gasteiger partial charge in [0.1, 0.15) is 0 Å². The van der Waals surface area contributed by atoms with Crippen molar-refractivity contribution < 1.29 is 9.59 Å². The first-order valence-corrected chi connectivity index (χ1v) is 5.86. The van der Waals surface area contributed by atoms with E-state index in [9.17, 15) is 9.59 Å². The minimum atomic E-state index is -0.0609. The molecule has 0 aliphatic rings. The van der Waals surface area contributed by atoms with Crippen molar-refractivity contribution in [3.05, 3.63) is 0 Å². The largest absolute Gasteiger partial charge is 0.356 e. The van der Waals surface area contributed by atoms with Gasteiger partial charge in [0, 0.05) is 32.0 Å². The minimum absolute atomic E-state index is 0.00903. The Balaban J connectivity index is 3.60. The topological polar surface area (TPSA) is 70.2 Å². The maximum absolute atomic E-state index is 11.5. The number of nitrogens with one attached hydrogen (secondary N) is 3. The Morgan fingerprint density at radius 3 is 2.38 bits per heavy atom. The fourth-order valence-corrected chi connectivity index (χ4v) is 1.21. The van der Waals surface area contributed by atoms with E-state index in [2.05, 4.69) is 16.0 Å². The number of amides is 2. The second kappa shape index (κ2) is 9.15. The van der Waals surface area contributed by atoms with E-state index in [-0.39, 0.29) is 17.7 Å². The third-order valence-electron chi connectivity index (χ3n) is 2.17. The van der Waals surface area contributed by atoms with Crippen molar-refractivity contribution in [2.45, 2.75) is 27.2 Å². The Morgan fingerprint density at radius 1 is 1.12 bits per heavy atom. The van der Waals surface area contributed by atoms with Crippen molar-refractivity contribution in [1.82, 2.24) is 16.0 Å². The maximum atomic E-state index is 11.5. The molecule has 5 heteroatoms. The molecule has 1 unspecified atom stereocenters. The Kier molecular flexibility index (Phi) is 8.52. The van der Waals surface area contributed by atoms with Crippen molar-refractivity contribution in [1.29, 1.82) is 0 Å². The van der Waals surface area contributed by atoms with Gasteiger partial charge < -0.3 is 16.0 Å². The van der Waals surface area contributed by atoms with Gasteiger partial charge in [-0.2, -0.15) is 0 Å². The van der Waals surface area contributed by atoms with Gasteiger partial charge in [-0.25, -0.2) is 0 Å². The van der Waals surface area contributed by atoms with E-state index in [1.165, 1.54) is 0 Å². The predicted octanol–water partition coefficient (Wildman–Crippen LogP) is -0.126. The molecule has 0 aromatic carbocycles. The molecule has 94 valence electrons. The summed E-state index contributed by atoms with van der Waals surface area (Å²) in [7, 11) is 0. The molecule has 0 radical (unpaired) electrons. The molecule has 0 bridgehead atoms. The van der Waals surface area contributed by atoms with E-state index < -0.39 is 0 Å². The highest BCUT2D eigenvalue weighted by molar-refractivity contribution is 5.80. The lowest BCUT2D eigenvalue weighted by Gasteiger charge is -2.12. The predicted molar refractivity (Wildman–Crippen MR) is 64.0 cm³/mol. The second-order valence-electron chi connectivity index (χ2n) is 3.70. The summed E-state index contributed by atoms with van der Waals surface area (Å²) in [5.74, 6) is -0.0958. The van der Waals surface area contributed by atoms with Crippen molar-refractivity contribution >= 4 is 11.8 Å². The van der Waals surface area contributed by atoms with Gasteiger partial charge >= 0.3 is 0 Å². The lowest BCUT2D eigenvalue weighted by Crippen LogP contribution is -2.37. The summed E-state index contributed by atoms with van der Waals surface area (Å²) in [6, 6.07) is 0. The van der Waals surface area contributed by atoms with E-state index in [1.807, 2.05) is 20.8 Å². The Hall–Kier alpha value is -1.10. The normalized spacial score (nSPS) is 11.9. The smallest absolute Gasteiger partial charge is 0.224 e. The van der Waals surface area contributed by atoms with Gasteiger partial charge in [-0.3, -0.25) is 9.59 Å². The first-order valence-electron chi connectivity index (χ1n) is 5.86. The van der Waals surface area contributed by atoms with Crippen molar-refractivity contribution in [2.24, 2.45) is 5.92 Å². The molecule has 16 heavy (non-hydrogen) atoms. The number of rotatable bonds is 8. The first-order chi connectivity index (χ1) is 7.61. The number of carbonyl (C=O) groups excluding carboxylic acids is 2. The van der Waals surface area contributed by atoms with Crippen molar-refractivity contribution in [3.8, 4) is 0 Å². The minimum Gasteiger partial charge on any atom is -0.356 e. The molecule has 0 rings (SSSR count). The van der Waals surface area contributed by atoms with Crippen LogP contribution in [0.4, 0.5) is 0 Å². The van der Waals surface area contributed by atoms with Crippen molar-refractivity contribution in [3.63, 3.8) is 0 Å². The zero-order valence-corrected chi connectivity index (χ0v) is 10.4. The summed E-state index contributed by atoms with van der Waals surface area (Å²) in [5, 5.41) is 8.53. The van der Waals surface area contributed by atoms with Crippen LogP contribution < -0.4 is 16.0 Å². The summed E-state index contributed by atoms with van der Waals surface area (Å²) < 4.78 is 0. The van der Waals surface area contributed by atoms with Gasteiger partial charge in [0.2, 0.25) is 11.8 Å². The Labute approximate surface area is 97.4 Å². The van der Waals surface area contributed by atoms with Gasteiger partial charge in [0.05, 0.1) is 0 Å². The number of carbonyl (C=O) groups is 2. The molecule has 1 atom stereocenters. The zero-order chi connectivity index (χ0) is 12.4. The molecule has 0 aliphatic carbocycles. The average Bonchev–Trinajstić information content (AvgIpc) is 2.26. The fourth-order valence-electron chi connectivity index (χ4n) is 1.21. The van der Waals surface area contributed by atoms with Crippen LogP contribution in [0.5, 0.6) is 0 Å². The third kappa shape index (κ3) is 7.23. The molecule has 5 nitrogen and oxygen atoms in total. The molecule has 0 aromatic rings. The lowest BCUT2D eigenvalue weighted by molar-refractivity contribution is -0.124. The number of hydrogen-bond donors (Lipinski definition) is 3. The van der Waals surface area contributed by atoms with Crippen LogP contribution in [-0.2, 0) is 9.59 Å². The third-order valence-corrected chi connectivity index (χ3v) is 2.17. The summed E-state index contributed by atoms with van der Waals surface area (Å²) in [5.41, 5.74) is 0. The maximum Gasteiger partial charge on any atom is 0.224 e. The van der Waals surface area contributed by atoms with Crippen LogP contribution >= 0.6 is 0 Å². The highest BCUT2D eigenvalue weighted by atomic mass is 16.2. The van der Waals surface area contributed by atoms with Gasteiger partial charge in [-0.15, -0.1) is 0 Å². The standard InChI is InChI=1S/C11H23N3O2/c1-4-12-8-9(3)11(16)14-7-6-10(15)13-5-2/h9,12H,4-8H2,1-3H3,(H,13,15)(H,14,16). The highest BCUT2D eigenvalue weighted by Crippen LogP contribution is 1.92. The molecule has 2 amide bonds. The molecular weight excluding hydrogens is 206 g/mol. The van der Waals surface area contributed by atoms with Gasteiger partial charge in [-0.05, 0) is 13.5 Å². The summed E-state index contributed by atoms with van der Waals surface area (Å²) >= 11 is 0. The molecule has 0 fully saturated rings. The monoisotopic (exact) mass is 229 g/mol. The van der Waals surface area contributed by atoms with Gasteiger partial charge in [-0.1, -0.05) is 13.8 Å². The lowest BCUT2D eigenvalue weighted by atomic mass is 10.1. The highest BCUT2D eigenvalue weighted by Gasteiger charge is 2.11. The number of hydrogen-bond acceptors (Lipinski definition) is 3. The quantitative estimate of drug-likeness (QED) is 0.543. The SMILES string of the molecule is CCNCC(C)C(=O)NCCC(=O)NCC. The fraction of sp³-hybridized carbons (Fsp3) is 0.818. The molecule has 0 saturated heterocycles. The van der Waals surface area contributed by atoms with Crippen LogP contribution in [0.2, 0.25) is 0 Å². The molecule has 0 heterocycles. The molecule has 0 aromatic heterocycles. The molecule has 0 saturated carbocycles. The Morgan fingerprint density at radius 2 is 1.81 bits per heavy atom. The first kappa shape index (κ1) is 14.9. The summed E-state index contributed by atoms with van der Waals surface area (Å²) in [6.07, 6.45) is 0.341. The zero-order valence-electron chi connectivity index (χ0n) is 10.4. The van der Waals surface area contributed by atoms with E-state index in [0.29, 0.717) is 26.1 Å². The van der Waals surface area contributed by atoms with Crippen LogP contribution in [0.1, 0.15) is 27.2 Å². The van der Waals surface area contributed by atoms with Gasteiger partial charge in [0.15, 0.2) is 0 Å². The Bertz CT molecular complexity index is 219. The van der Waals surface area contributed by atoms with Crippen LogP contribution in [0.3, 0.4) is 0 Å². The van der Waals surface area contributed by atoms with Crippen LogP contribution in [0.25, 0.3) is 0 Å². The molecule has 0 aliphatic heterocycles. The van der Waals surface area contributed by atoms with E-state index in [1.54, 1.807) is 0 Å². The van der Waals surface area contributed by atoms with E-state index >= 15 is 0 Å².